The number of halogens is 1. The Kier molecular flexibility index (Phi) is 9.66. The van der Waals surface area contributed by atoms with Crippen LogP contribution in [0, 0.1) is 5.92 Å². The average Bonchev–Trinajstić information content (AvgIpc) is 3.31. The molecule has 2 fully saturated rings. The number of thiocarbonyl (C=S) groups is 1. The molecule has 11 heteroatoms. The van der Waals surface area contributed by atoms with E-state index in [4.69, 9.17) is 26.4 Å². The van der Waals surface area contributed by atoms with Crippen molar-refractivity contribution in [1.29, 1.82) is 0 Å². The van der Waals surface area contributed by atoms with Gasteiger partial charge < -0.3 is 24.4 Å². The highest BCUT2D eigenvalue weighted by Gasteiger charge is 2.34. The topological polar surface area (TPSA) is 106 Å². The minimum absolute atomic E-state index is 0.0769. The summed E-state index contributed by atoms with van der Waals surface area (Å²) in [4.78, 5) is 39.2. The van der Waals surface area contributed by atoms with Crippen LogP contribution in [0.5, 0.6) is 5.75 Å². The van der Waals surface area contributed by atoms with E-state index in [1.165, 1.54) is 0 Å². The minimum atomic E-state index is -0.864. The van der Waals surface area contributed by atoms with E-state index in [9.17, 15) is 14.4 Å². The smallest absolute Gasteiger partial charge is 0.308 e. The van der Waals surface area contributed by atoms with E-state index in [2.05, 4.69) is 40.4 Å². The van der Waals surface area contributed by atoms with Crippen LogP contribution in [-0.2, 0) is 19.1 Å². The summed E-state index contributed by atoms with van der Waals surface area (Å²) in [5.74, 6) is -0.270. The number of rotatable bonds is 8. The van der Waals surface area contributed by atoms with Crippen molar-refractivity contribution in [1.82, 2.24) is 15.5 Å². The van der Waals surface area contributed by atoms with E-state index in [-0.39, 0.29) is 30.2 Å². The number of carbonyl (C=O) groups excluding carboxylic acids is 3. The third-order valence-electron chi connectivity index (χ3n) is 5.39. The number of hydrogen-bond acceptors (Lipinski definition) is 7. The van der Waals surface area contributed by atoms with Crippen molar-refractivity contribution < 1.29 is 28.6 Å². The molecular weight excluding hydrogens is 526 g/mol. The van der Waals surface area contributed by atoms with Gasteiger partial charge in [0.25, 0.3) is 5.91 Å². The number of nitrogens with zero attached hydrogens (tertiary/aromatic N) is 1. The summed E-state index contributed by atoms with van der Waals surface area (Å²) in [5.41, 5.74) is 0.375. The fourth-order valence-corrected chi connectivity index (χ4v) is 4.40. The van der Waals surface area contributed by atoms with Crippen LogP contribution in [0.15, 0.2) is 22.7 Å². The van der Waals surface area contributed by atoms with Gasteiger partial charge in [-0.15, -0.1) is 0 Å². The molecule has 1 aromatic carbocycles. The number of amides is 2. The van der Waals surface area contributed by atoms with E-state index >= 15 is 0 Å². The summed E-state index contributed by atoms with van der Waals surface area (Å²) in [7, 11) is 0. The highest BCUT2D eigenvalue weighted by molar-refractivity contribution is 9.10. The van der Waals surface area contributed by atoms with Crippen LogP contribution in [0.25, 0.3) is 0 Å². The second-order valence-corrected chi connectivity index (χ2v) is 9.87. The Balaban J connectivity index is 1.58. The lowest BCUT2D eigenvalue weighted by atomic mass is 10.1. The van der Waals surface area contributed by atoms with Gasteiger partial charge in [0.1, 0.15) is 18.4 Å². The summed E-state index contributed by atoms with van der Waals surface area (Å²) in [6, 6.07) is 4.14. The van der Waals surface area contributed by atoms with E-state index in [0.717, 1.165) is 12.8 Å². The van der Waals surface area contributed by atoms with Crippen LogP contribution in [0.2, 0.25) is 0 Å². The van der Waals surface area contributed by atoms with Crippen LogP contribution >= 0.6 is 28.1 Å². The SMILES string of the molecule is CC(C)COc1ccc(C(=O)NC(=S)N2CCNC(=O)C2CC(=O)OCC2CCCO2)cc1Br. The first kappa shape index (κ1) is 26.4. The van der Waals surface area contributed by atoms with Gasteiger partial charge in [-0.2, -0.15) is 0 Å². The van der Waals surface area contributed by atoms with Crippen LogP contribution in [0.1, 0.15) is 43.5 Å². The molecule has 2 heterocycles. The van der Waals surface area contributed by atoms with Crippen molar-refractivity contribution in [2.24, 2.45) is 5.92 Å². The van der Waals surface area contributed by atoms with E-state index < -0.39 is 17.9 Å². The van der Waals surface area contributed by atoms with Crippen molar-refractivity contribution >= 4 is 51.0 Å². The zero-order valence-corrected chi connectivity index (χ0v) is 21.7. The number of ether oxygens (including phenoxy) is 3. The van der Waals surface area contributed by atoms with Gasteiger partial charge in [0.05, 0.1) is 23.6 Å². The van der Waals surface area contributed by atoms with Gasteiger partial charge in [0.15, 0.2) is 5.11 Å². The van der Waals surface area contributed by atoms with Crippen molar-refractivity contribution in [2.45, 2.75) is 45.3 Å². The van der Waals surface area contributed by atoms with Gasteiger partial charge >= 0.3 is 5.97 Å². The lowest BCUT2D eigenvalue weighted by molar-refractivity contribution is -0.150. The molecule has 2 N–H and O–H groups in total. The minimum Gasteiger partial charge on any atom is -0.492 e. The molecular formula is C23H30BrN3O6S. The summed E-state index contributed by atoms with van der Waals surface area (Å²) < 4.78 is 17.1. The summed E-state index contributed by atoms with van der Waals surface area (Å²) in [6.07, 6.45) is 1.52. The highest BCUT2D eigenvalue weighted by atomic mass is 79.9. The molecule has 9 nitrogen and oxygen atoms in total. The van der Waals surface area contributed by atoms with Gasteiger partial charge in [-0.1, -0.05) is 13.8 Å². The summed E-state index contributed by atoms with van der Waals surface area (Å²) in [5, 5.41) is 5.48. The van der Waals surface area contributed by atoms with Crippen LogP contribution in [0.4, 0.5) is 0 Å². The molecule has 0 radical (unpaired) electrons. The number of piperazine rings is 1. The molecule has 2 unspecified atom stereocenters. The quantitative estimate of drug-likeness (QED) is 0.372. The molecule has 34 heavy (non-hydrogen) atoms. The molecule has 0 aliphatic carbocycles. The molecule has 0 saturated carbocycles. The van der Waals surface area contributed by atoms with Gasteiger partial charge in [-0.05, 0) is 65.1 Å². The Hall–Kier alpha value is -2.24. The monoisotopic (exact) mass is 555 g/mol. The lowest BCUT2D eigenvalue weighted by Crippen LogP contribution is -2.60. The normalized spacial score (nSPS) is 20.1. The van der Waals surface area contributed by atoms with Gasteiger partial charge in [0, 0.05) is 25.3 Å². The number of esters is 1. The van der Waals surface area contributed by atoms with E-state index in [1.807, 2.05) is 0 Å². The van der Waals surface area contributed by atoms with Crippen molar-refractivity contribution in [3.8, 4) is 5.75 Å². The third-order valence-corrected chi connectivity index (χ3v) is 6.35. The van der Waals surface area contributed by atoms with Crippen LogP contribution in [0.3, 0.4) is 0 Å². The Morgan fingerprint density at radius 3 is 2.85 bits per heavy atom. The van der Waals surface area contributed by atoms with Gasteiger partial charge in [-0.3, -0.25) is 19.7 Å². The first-order chi connectivity index (χ1) is 16.2. The molecule has 0 bridgehead atoms. The molecule has 2 saturated heterocycles. The predicted octanol–water partition coefficient (Wildman–Crippen LogP) is 2.41. The molecule has 0 spiro atoms. The molecule has 0 aromatic heterocycles. The second kappa shape index (κ2) is 12.5. The highest BCUT2D eigenvalue weighted by Crippen LogP contribution is 2.26. The van der Waals surface area contributed by atoms with Crippen molar-refractivity contribution in [3.63, 3.8) is 0 Å². The number of nitrogens with one attached hydrogen (secondary N) is 2. The zero-order chi connectivity index (χ0) is 24.7. The average molecular weight is 556 g/mol. The van der Waals surface area contributed by atoms with Crippen molar-refractivity contribution in [3.05, 3.63) is 28.2 Å². The number of benzene rings is 1. The second-order valence-electron chi connectivity index (χ2n) is 8.63. The molecule has 2 atom stereocenters. The van der Waals surface area contributed by atoms with Crippen LogP contribution < -0.4 is 15.4 Å². The number of carbonyl (C=O) groups is 3. The fraction of sp³-hybridized carbons (Fsp3) is 0.565. The number of hydrogen-bond donors (Lipinski definition) is 2. The summed E-state index contributed by atoms with van der Waals surface area (Å²) in [6.45, 7) is 6.20. The molecule has 2 amide bonds. The molecule has 1 aromatic rings. The van der Waals surface area contributed by atoms with Crippen LogP contribution in [-0.4, -0.2) is 72.9 Å². The first-order valence-corrected chi connectivity index (χ1v) is 12.5. The fourth-order valence-electron chi connectivity index (χ4n) is 3.60. The van der Waals surface area contributed by atoms with E-state index in [1.54, 1.807) is 23.1 Å². The van der Waals surface area contributed by atoms with Gasteiger partial charge in [0.2, 0.25) is 5.91 Å². The standard InChI is InChI=1S/C23H30BrN3O6S/c1-14(2)12-32-19-6-5-15(10-17(19)24)21(29)26-23(34)27-8-7-25-22(30)18(27)11-20(28)33-13-16-4-3-9-31-16/h5-6,10,14,16,18H,3-4,7-9,11-13H2,1-2H3,(H,25,30)(H,26,29,34). The molecule has 2 aliphatic rings. The maximum atomic E-state index is 12.8. The van der Waals surface area contributed by atoms with Gasteiger partial charge in [-0.25, -0.2) is 0 Å². The Morgan fingerprint density at radius 1 is 1.38 bits per heavy atom. The van der Waals surface area contributed by atoms with E-state index in [0.29, 0.717) is 48.0 Å². The third kappa shape index (κ3) is 7.38. The zero-order valence-electron chi connectivity index (χ0n) is 19.3. The Labute approximate surface area is 213 Å². The predicted molar refractivity (Wildman–Crippen MR) is 133 cm³/mol. The molecule has 186 valence electrons. The summed E-state index contributed by atoms with van der Waals surface area (Å²) >= 11 is 8.85. The Bertz CT molecular complexity index is 922. The lowest BCUT2D eigenvalue weighted by Gasteiger charge is -2.36. The molecule has 2 aliphatic heterocycles. The molecule has 3 rings (SSSR count). The Morgan fingerprint density at radius 2 is 2.18 bits per heavy atom. The maximum Gasteiger partial charge on any atom is 0.308 e. The maximum absolute atomic E-state index is 12.8. The first-order valence-electron chi connectivity index (χ1n) is 11.3. The van der Waals surface area contributed by atoms with Crippen molar-refractivity contribution in [2.75, 3.05) is 32.9 Å². The largest absolute Gasteiger partial charge is 0.492 e.